The van der Waals surface area contributed by atoms with Gasteiger partial charge in [-0.3, -0.25) is 0 Å². The number of ether oxygens (including phenoxy) is 1. The summed E-state index contributed by atoms with van der Waals surface area (Å²) in [6, 6.07) is 0.410. The summed E-state index contributed by atoms with van der Waals surface area (Å²) >= 11 is 0. The number of carboxylic acid groups (broad SMARTS) is 1. The number of alkyl carbamates (subject to hydrolysis) is 1. The molecule has 22 heavy (non-hydrogen) atoms. The predicted octanol–water partition coefficient (Wildman–Crippen LogP) is 3.12. The van der Waals surface area contributed by atoms with E-state index in [1.54, 1.807) is 0 Å². The molecule has 6 heteroatoms. The minimum atomic E-state index is -0.903. The standard InChI is InChI=1S/C16H28N2O4/c1-22-16(21)18-14-8-4-12(5-9-14)10-11-2-6-13(7-3-11)17-15(19)20/h11-14,17H,2-10H2,1H3,(H,18,21)(H,19,20). The maximum atomic E-state index is 11.2. The molecule has 2 aliphatic rings. The van der Waals surface area contributed by atoms with Crippen LogP contribution in [0.4, 0.5) is 9.59 Å². The monoisotopic (exact) mass is 312 g/mol. The van der Waals surface area contributed by atoms with E-state index in [4.69, 9.17) is 5.11 Å². The van der Waals surface area contributed by atoms with Crippen LogP contribution in [0.1, 0.15) is 57.8 Å². The normalized spacial score (nSPS) is 32.0. The van der Waals surface area contributed by atoms with Gasteiger partial charge in [0, 0.05) is 12.1 Å². The van der Waals surface area contributed by atoms with Crippen LogP contribution in [-0.2, 0) is 4.74 Å². The molecule has 0 bridgehead atoms. The van der Waals surface area contributed by atoms with Crippen LogP contribution in [0.2, 0.25) is 0 Å². The minimum absolute atomic E-state index is 0.147. The van der Waals surface area contributed by atoms with Gasteiger partial charge in [0.25, 0.3) is 0 Å². The molecular weight excluding hydrogens is 284 g/mol. The van der Waals surface area contributed by atoms with Gasteiger partial charge in [-0.15, -0.1) is 0 Å². The van der Waals surface area contributed by atoms with Crippen molar-refractivity contribution in [3.63, 3.8) is 0 Å². The van der Waals surface area contributed by atoms with Crippen LogP contribution in [0.5, 0.6) is 0 Å². The molecule has 6 nitrogen and oxygen atoms in total. The molecule has 3 N–H and O–H groups in total. The molecule has 0 unspecified atom stereocenters. The van der Waals surface area contributed by atoms with E-state index < -0.39 is 6.09 Å². The summed E-state index contributed by atoms with van der Waals surface area (Å²) in [7, 11) is 1.40. The van der Waals surface area contributed by atoms with Gasteiger partial charge in [0.1, 0.15) is 0 Å². The van der Waals surface area contributed by atoms with Gasteiger partial charge in [-0.2, -0.15) is 0 Å². The molecule has 0 aromatic rings. The van der Waals surface area contributed by atoms with Crippen molar-refractivity contribution >= 4 is 12.2 Å². The zero-order chi connectivity index (χ0) is 15.9. The van der Waals surface area contributed by atoms with E-state index in [0.29, 0.717) is 0 Å². The van der Waals surface area contributed by atoms with Crippen LogP contribution in [0.25, 0.3) is 0 Å². The molecule has 2 fully saturated rings. The van der Waals surface area contributed by atoms with Crippen molar-refractivity contribution in [2.24, 2.45) is 11.8 Å². The zero-order valence-corrected chi connectivity index (χ0v) is 13.3. The first-order valence-corrected chi connectivity index (χ1v) is 8.40. The second kappa shape index (κ2) is 8.25. The van der Waals surface area contributed by atoms with Gasteiger partial charge in [0.15, 0.2) is 0 Å². The topological polar surface area (TPSA) is 87.7 Å². The molecule has 2 rings (SSSR count). The van der Waals surface area contributed by atoms with Gasteiger partial charge in [-0.05, 0) is 69.6 Å². The average Bonchev–Trinajstić information content (AvgIpc) is 2.50. The van der Waals surface area contributed by atoms with Crippen LogP contribution in [-0.4, -0.2) is 36.5 Å². The molecule has 0 aromatic heterocycles. The first-order chi connectivity index (χ1) is 10.6. The number of hydrogen-bond donors (Lipinski definition) is 3. The summed E-state index contributed by atoms with van der Waals surface area (Å²) in [6.07, 6.45) is 8.64. The molecule has 0 radical (unpaired) electrons. The largest absolute Gasteiger partial charge is 0.465 e. The maximum absolute atomic E-state index is 11.2. The van der Waals surface area contributed by atoms with E-state index in [-0.39, 0.29) is 18.2 Å². The van der Waals surface area contributed by atoms with Crippen LogP contribution in [0.15, 0.2) is 0 Å². The van der Waals surface area contributed by atoms with E-state index in [0.717, 1.165) is 50.4 Å². The Morgan fingerprint density at radius 1 is 0.909 bits per heavy atom. The highest BCUT2D eigenvalue weighted by Gasteiger charge is 2.27. The fourth-order valence-corrected chi connectivity index (χ4v) is 3.96. The lowest BCUT2D eigenvalue weighted by atomic mass is 9.76. The minimum Gasteiger partial charge on any atom is -0.465 e. The number of hydrogen-bond acceptors (Lipinski definition) is 3. The number of amides is 2. The molecule has 126 valence electrons. The summed E-state index contributed by atoms with van der Waals surface area (Å²) in [5.74, 6) is 1.49. The number of carbonyl (C=O) groups excluding carboxylic acids is 1. The van der Waals surface area contributed by atoms with Gasteiger partial charge >= 0.3 is 12.2 Å². The molecule has 0 saturated heterocycles. The first kappa shape index (κ1) is 16.9. The summed E-state index contributed by atoms with van der Waals surface area (Å²) in [5, 5.41) is 14.2. The van der Waals surface area contributed by atoms with Crippen LogP contribution in [0.3, 0.4) is 0 Å². The Balaban J connectivity index is 1.63. The Morgan fingerprint density at radius 2 is 1.36 bits per heavy atom. The quantitative estimate of drug-likeness (QED) is 0.744. The number of methoxy groups -OCH3 is 1. The van der Waals surface area contributed by atoms with Crippen molar-refractivity contribution in [3.05, 3.63) is 0 Å². The third-order valence-corrected chi connectivity index (χ3v) is 5.20. The SMILES string of the molecule is COC(=O)NC1CCC(CC2CCC(NC(=O)O)CC2)CC1. The zero-order valence-electron chi connectivity index (χ0n) is 13.3. The van der Waals surface area contributed by atoms with Gasteiger partial charge < -0.3 is 20.5 Å². The van der Waals surface area contributed by atoms with Crippen molar-refractivity contribution in [2.45, 2.75) is 69.9 Å². The molecule has 0 spiro atoms. The van der Waals surface area contributed by atoms with Crippen LogP contribution < -0.4 is 10.6 Å². The number of rotatable bonds is 4. The number of nitrogens with one attached hydrogen (secondary N) is 2. The molecule has 2 amide bonds. The molecular formula is C16H28N2O4. The first-order valence-electron chi connectivity index (χ1n) is 8.40. The van der Waals surface area contributed by atoms with Gasteiger partial charge in [-0.25, -0.2) is 9.59 Å². The second-order valence-electron chi connectivity index (χ2n) is 6.76. The molecule has 0 atom stereocenters. The Kier molecular flexibility index (Phi) is 6.34. The highest BCUT2D eigenvalue weighted by Crippen LogP contribution is 2.35. The fourth-order valence-electron chi connectivity index (χ4n) is 3.96. The van der Waals surface area contributed by atoms with E-state index in [1.807, 2.05) is 0 Å². The molecule has 2 aliphatic carbocycles. The Hall–Kier alpha value is -1.46. The molecule has 0 heterocycles. The highest BCUT2D eigenvalue weighted by molar-refractivity contribution is 5.67. The van der Waals surface area contributed by atoms with E-state index in [1.165, 1.54) is 26.4 Å². The van der Waals surface area contributed by atoms with Crippen molar-refractivity contribution in [3.8, 4) is 0 Å². The van der Waals surface area contributed by atoms with Crippen molar-refractivity contribution in [2.75, 3.05) is 7.11 Å². The predicted molar refractivity (Wildman–Crippen MR) is 82.8 cm³/mol. The van der Waals surface area contributed by atoms with Crippen molar-refractivity contribution in [1.29, 1.82) is 0 Å². The third-order valence-electron chi connectivity index (χ3n) is 5.20. The Labute approximate surface area is 132 Å². The fraction of sp³-hybridized carbons (Fsp3) is 0.875. The van der Waals surface area contributed by atoms with E-state index in [2.05, 4.69) is 15.4 Å². The summed E-state index contributed by atoms with van der Waals surface area (Å²) in [6.45, 7) is 0. The van der Waals surface area contributed by atoms with Crippen molar-refractivity contribution in [1.82, 2.24) is 10.6 Å². The third kappa shape index (κ3) is 5.39. The summed E-state index contributed by atoms with van der Waals surface area (Å²) in [4.78, 5) is 21.8. The molecule has 2 saturated carbocycles. The van der Waals surface area contributed by atoms with Crippen LogP contribution in [0, 0.1) is 11.8 Å². The van der Waals surface area contributed by atoms with Gasteiger partial charge in [-0.1, -0.05) is 0 Å². The number of carbonyl (C=O) groups is 2. The lowest BCUT2D eigenvalue weighted by Gasteiger charge is -2.34. The Morgan fingerprint density at radius 3 is 1.77 bits per heavy atom. The smallest absolute Gasteiger partial charge is 0.407 e. The van der Waals surface area contributed by atoms with E-state index in [9.17, 15) is 9.59 Å². The second-order valence-corrected chi connectivity index (χ2v) is 6.76. The maximum Gasteiger partial charge on any atom is 0.407 e. The van der Waals surface area contributed by atoms with E-state index >= 15 is 0 Å². The lowest BCUT2D eigenvalue weighted by molar-refractivity contribution is 0.156. The molecule has 0 aromatic carbocycles. The summed E-state index contributed by atoms with van der Waals surface area (Å²) < 4.78 is 4.64. The lowest BCUT2D eigenvalue weighted by Crippen LogP contribution is -2.38. The van der Waals surface area contributed by atoms with Gasteiger partial charge in [0.2, 0.25) is 0 Å². The van der Waals surface area contributed by atoms with Gasteiger partial charge in [0.05, 0.1) is 7.11 Å². The van der Waals surface area contributed by atoms with Crippen LogP contribution >= 0.6 is 0 Å². The molecule has 0 aliphatic heterocycles. The highest BCUT2D eigenvalue weighted by atomic mass is 16.5. The average molecular weight is 312 g/mol. The van der Waals surface area contributed by atoms with Crippen molar-refractivity contribution < 1.29 is 19.4 Å². The summed E-state index contributed by atoms with van der Waals surface area (Å²) in [5.41, 5.74) is 0. The Bertz CT molecular complexity index is 372.